The van der Waals surface area contributed by atoms with E-state index in [9.17, 15) is 0 Å². The molecule has 0 saturated carbocycles. The summed E-state index contributed by atoms with van der Waals surface area (Å²) in [6.45, 7) is 9.01. The van der Waals surface area contributed by atoms with Crippen LogP contribution in [-0.4, -0.2) is 47.7 Å². The van der Waals surface area contributed by atoms with Crippen LogP contribution in [0.4, 0.5) is 5.95 Å². The molecule has 0 amide bonds. The van der Waals surface area contributed by atoms with E-state index < -0.39 is 0 Å². The van der Waals surface area contributed by atoms with E-state index in [1.807, 2.05) is 6.92 Å². The van der Waals surface area contributed by atoms with Crippen LogP contribution in [0.15, 0.2) is 12.3 Å². The van der Waals surface area contributed by atoms with Crippen LogP contribution in [0, 0.1) is 0 Å². The minimum Gasteiger partial charge on any atom is -0.478 e. The summed E-state index contributed by atoms with van der Waals surface area (Å²) in [6.07, 6.45) is 4.00. The molecule has 5 nitrogen and oxygen atoms in total. The van der Waals surface area contributed by atoms with Crippen LogP contribution >= 0.6 is 0 Å². The molecule has 0 aliphatic carbocycles. The zero-order chi connectivity index (χ0) is 14.1. The maximum absolute atomic E-state index is 5.33. The third kappa shape index (κ3) is 6.38. The van der Waals surface area contributed by atoms with E-state index >= 15 is 0 Å². The highest BCUT2D eigenvalue weighted by Gasteiger charge is 2.02. The predicted octanol–water partition coefficient (Wildman–Crippen LogP) is 2.41. The van der Waals surface area contributed by atoms with Crippen LogP contribution in [-0.2, 0) is 0 Å². The van der Waals surface area contributed by atoms with Crippen molar-refractivity contribution in [1.29, 1.82) is 0 Å². The molecule has 19 heavy (non-hydrogen) atoms. The third-order valence-corrected chi connectivity index (χ3v) is 3.02. The predicted molar refractivity (Wildman–Crippen MR) is 78.7 cm³/mol. The average molecular weight is 266 g/mol. The molecular formula is C14H26N4O. The van der Waals surface area contributed by atoms with Crippen molar-refractivity contribution >= 4 is 5.95 Å². The van der Waals surface area contributed by atoms with Gasteiger partial charge in [0.1, 0.15) is 0 Å². The standard InChI is InChI=1S/C14H26N4O/c1-5-19-13-8-10-16-14(17-13)15-9-6-7-11-18(4)12(2)3/h8,10,12H,5-7,9,11H2,1-4H3,(H,15,16,17). The zero-order valence-corrected chi connectivity index (χ0v) is 12.5. The van der Waals surface area contributed by atoms with Gasteiger partial charge in [-0.15, -0.1) is 0 Å². The van der Waals surface area contributed by atoms with E-state index in [-0.39, 0.29) is 0 Å². The minimum atomic E-state index is 0.610. The van der Waals surface area contributed by atoms with Crippen LogP contribution in [0.3, 0.4) is 0 Å². The first-order valence-corrected chi connectivity index (χ1v) is 7.03. The molecule has 0 fully saturated rings. The molecule has 0 bridgehead atoms. The minimum absolute atomic E-state index is 0.610. The summed E-state index contributed by atoms with van der Waals surface area (Å²) in [6, 6.07) is 2.38. The van der Waals surface area contributed by atoms with Gasteiger partial charge in [0.05, 0.1) is 6.61 Å². The number of ether oxygens (including phenoxy) is 1. The first-order chi connectivity index (χ1) is 9.13. The zero-order valence-electron chi connectivity index (χ0n) is 12.5. The third-order valence-electron chi connectivity index (χ3n) is 3.02. The van der Waals surface area contributed by atoms with Crippen molar-refractivity contribution in [3.63, 3.8) is 0 Å². The second-order valence-electron chi connectivity index (χ2n) is 4.86. The average Bonchev–Trinajstić information content (AvgIpc) is 2.39. The number of rotatable bonds is 9. The summed E-state index contributed by atoms with van der Waals surface area (Å²) < 4.78 is 5.33. The van der Waals surface area contributed by atoms with Gasteiger partial charge in [0.25, 0.3) is 0 Å². The Hall–Kier alpha value is -1.36. The van der Waals surface area contributed by atoms with Crippen molar-refractivity contribution in [3.05, 3.63) is 12.3 Å². The lowest BCUT2D eigenvalue weighted by atomic mass is 10.2. The lowest BCUT2D eigenvalue weighted by Crippen LogP contribution is -2.27. The van der Waals surface area contributed by atoms with Gasteiger partial charge in [0.2, 0.25) is 11.8 Å². The molecule has 0 radical (unpaired) electrons. The van der Waals surface area contributed by atoms with E-state index in [0.717, 1.165) is 19.5 Å². The lowest BCUT2D eigenvalue weighted by molar-refractivity contribution is 0.269. The van der Waals surface area contributed by atoms with Gasteiger partial charge in [-0.3, -0.25) is 0 Å². The fourth-order valence-corrected chi connectivity index (χ4v) is 1.60. The van der Waals surface area contributed by atoms with E-state index in [4.69, 9.17) is 4.74 Å². The first kappa shape index (κ1) is 15.7. The Kier molecular flexibility index (Phi) is 7.18. The number of hydrogen-bond acceptors (Lipinski definition) is 5. The summed E-state index contributed by atoms with van der Waals surface area (Å²) in [5, 5.41) is 3.23. The Balaban J connectivity index is 2.20. The molecular weight excluding hydrogens is 240 g/mol. The Morgan fingerprint density at radius 1 is 1.37 bits per heavy atom. The highest BCUT2D eigenvalue weighted by molar-refractivity contribution is 5.27. The Bertz CT molecular complexity index is 357. The number of nitrogens with one attached hydrogen (secondary N) is 1. The molecule has 0 aliphatic heterocycles. The first-order valence-electron chi connectivity index (χ1n) is 7.03. The summed E-state index contributed by atoms with van der Waals surface area (Å²) in [5.74, 6) is 1.27. The van der Waals surface area contributed by atoms with Gasteiger partial charge in [-0.1, -0.05) is 0 Å². The maximum Gasteiger partial charge on any atom is 0.225 e. The van der Waals surface area contributed by atoms with Gasteiger partial charge in [0.15, 0.2) is 0 Å². The topological polar surface area (TPSA) is 50.3 Å². The summed E-state index contributed by atoms with van der Waals surface area (Å²) in [4.78, 5) is 10.8. The fourth-order valence-electron chi connectivity index (χ4n) is 1.60. The SMILES string of the molecule is CCOc1ccnc(NCCCCN(C)C(C)C)n1. The highest BCUT2D eigenvalue weighted by atomic mass is 16.5. The summed E-state index contributed by atoms with van der Waals surface area (Å²) >= 11 is 0. The van der Waals surface area contributed by atoms with Crippen LogP contribution < -0.4 is 10.1 Å². The van der Waals surface area contributed by atoms with Crippen LogP contribution in [0.1, 0.15) is 33.6 Å². The van der Waals surface area contributed by atoms with Gasteiger partial charge >= 0.3 is 0 Å². The van der Waals surface area contributed by atoms with Gasteiger partial charge in [0, 0.05) is 24.8 Å². The molecule has 0 unspecified atom stereocenters. The van der Waals surface area contributed by atoms with Crippen molar-refractivity contribution in [1.82, 2.24) is 14.9 Å². The molecule has 0 atom stereocenters. The number of unbranched alkanes of at least 4 members (excludes halogenated alkanes) is 1. The largest absolute Gasteiger partial charge is 0.478 e. The Labute approximate surface area is 116 Å². The molecule has 1 heterocycles. The van der Waals surface area contributed by atoms with Crippen molar-refractivity contribution in [2.24, 2.45) is 0 Å². The second-order valence-corrected chi connectivity index (χ2v) is 4.86. The fraction of sp³-hybridized carbons (Fsp3) is 0.714. The highest BCUT2D eigenvalue weighted by Crippen LogP contribution is 2.08. The molecule has 1 rings (SSSR count). The summed E-state index contributed by atoms with van der Waals surface area (Å²) in [5.41, 5.74) is 0. The number of hydrogen-bond donors (Lipinski definition) is 1. The van der Waals surface area contributed by atoms with Crippen LogP contribution in [0.5, 0.6) is 5.88 Å². The van der Waals surface area contributed by atoms with Crippen molar-refractivity contribution < 1.29 is 4.74 Å². The van der Waals surface area contributed by atoms with Crippen LogP contribution in [0.2, 0.25) is 0 Å². The number of nitrogens with zero attached hydrogens (tertiary/aromatic N) is 3. The molecule has 1 aromatic rings. The van der Waals surface area contributed by atoms with Gasteiger partial charge < -0.3 is 15.0 Å². The monoisotopic (exact) mass is 266 g/mol. The van der Waals surface area contributed by atoms with Gasteiger partial charge in [-0.05, 0) is 47.2 Å². The molecule has 1 N–H and O–H groups in total. The maximum atomic E-state index is 5.33. The molecule has 0 spiro atoms. The second kappa shape index (κ2) is 8.69. The quantitative estimate of drug-likeness (QED) is 0.696. The van der Waals surface area contributed by atoms with E-state index in [1.165, 1.54) is 6.42 Å². The lowest BCUT2D eigenvalue weighted by Gasteiger charge is -2.20. The molecule has 0 aliphatic rings. The van der Waals surface area contributed by atoms with E-state index in [1.54, 1.807) is 12.3 Å². The van der Waals surface area contributed by atoms with Gasteiger partial charge in [-0.25, -0.2) is 4.98 Å². The molecule has 1 aromatic heterocycles. The van der Waals surface area contributed by atoms with Crippen LogP contribution in [0.25, 0.3) is 0 Å². The van der Waals surface area contributed by atoms with E-state index in [0.29, 0.717) is 24.5 Å². The number of anilines is 1. The van der Waals surface area contributed by atoms with Crippen molar-refractivity contribution in [2.45, 2.75) is 39.7 Å². The Morgan fingerprint density at radius 3 is 2.84 bits per heavy atom. The van der Waals surface area contributed by atoms with Crippen molar-refractivity contribution in [2.75, 3.05) is 32.1 Å². The molecule has 108 valence electrons. The smallest absolute Gasteiger partial charge is 0.225 e. The van der Waals surface area contributed by atoms with Crippen molar-refractivity contribution in [3.8, 4) is 5.88 Å². The molecule has 5 heteroatoms. The van der Waals surface area contributed by atoms with E-state index in [2.05, 4.69) is 41.1 Å². The Morgan fingerprint density at radius 2 is 2.16 bits per heavy atom. The normalized spacial score (nSPS) is 11.1. The molecule has 0 aromatic carbocycles. The molecule has 0 saturated heterocycles. The van der Waals surface area contributed by atoms with Gasteiger partial charge in [-0.2, -0.15) is 4.98 Å². The summed E-state index contributed by atoms with van der Waals surface area (Å²) in [7, 11) is 2.16. The number of aromatic nitrogens is 2.